The van der Waals surface area contributed by atoms with Crippen LogP contribution < -0.4 is 10.5 Å². The van der Waals surface area contributed by atoms with Crippen molar-refractivity contribution in [2.24, 2.45) is 12.8 Å². The Morgan fingerprint density at radius 2 is 2.16 bits per heavy atom. The highest BCUT2D eigenvalue weighted by molar-refractivity contribution is 5.38. The number of nitrogens with two attached hydrogens (primary N) is 1. The lowest BCUT2D eigenvalue weighted by atomic mass is 10.1. The van der Waals surface area contributed by atoms with Crippen molar-refractivity contribution in [2.75, 3.05) is 0 Å². The van der Waals surface area contributed by atoms with Gasteiger partial charge in [0.2, 0.25) is 5.88 Å². The summed E-state index contributed by atoms with van der Waals surface area (Å²) in [7, 11) is 1.90. The molecule has 1 atom stereocenters. The average molecular weight is 260 g/mol. The van der Waals surface area contributed by atoms with Crippen molar-refractivity contribution in [1.29, 1.82) is 0 Å². The zero-order valence-electron chi connectivity index (χ0n) is 11.8. The summed E-state index contributed by atoms with van der Waals surface area (Å²) < 4.78 is 7.75. The number of aromatic nitrogens is 3. The summed E-state index contributed by atoms with van der Waals surface area (Å²) >= 11 is 0. The van der Waals surface area contributed by atoms with E-state index < -0.39 is 0 Å². The van der Waals surface area contributed by atoms with Crippen LogP contribution in [0.3, 0.4) is 0 Å². The van der Waals surface area contributed by atoms with Gasteiger partial charge in [0.25, 0.3) is 0 Å². The summed E-state index contributed by atoms with van der Waals surface area (Å²) in [6.07, 6.45) is 2.46. The quantitative estimate of drug-likeness (QED) is 0.914. The van der Waals surface area contributed by atoms with Crippen molar-refractivity contribution < 1.29 is 4.74 Å². The van der Waals surface area contributed by atoms with Crippen LogP contribution in [0, 0.1) is 13.8 Å². The van der Waals surface area contributed by atoms with E-state index in [4.69, 9.17) is 10.5 Å². The second-order valence-electron chi connectivity index (χ2n) is 4.87. The minimum absolute atomic E-state index is 0.0719. The average Bonchev–Trinajstić information content (AvgIpc) is 2.57. The molecule has 0 fully saturated rings. The number of pyridine rings is 1. The molecule has 0 saturated heterocycles. The van der Waals surface area contributed by atoms with E-state index in [1.807, 2.05) is 40.0 Å². The summed E-state index contributed by atoms with van der Waals surface area (Å²) in [5.74, 6) is 1.38. The van der Waals surface area contributed by atoms with Crippen LogP contribution in [-0.2, 0) is 13.5 Å². The zero-order chi connectivity index (χ0) is 14.0. The first-order valence-electron chi connectivity index (χ1n) is 6.36. The molecule has 5 nitrogen and oxygen atoms in total. The Bertz CT molecular complexity index is 575. The Hall–Kier alpha value is -1.88. The lowest BCUT2D eigenvalue weighted by Gasteiger charge is -2.11. The fraction of sp³-hybridized carbons (Fsp3) is 0.429. The Morgan fingerprint density at radius 1 is 1.42 bits per heavy atom. The molecule has 0 saturated carbocycles. The van der Waals surface area contributed by atoms with Crippen LogP contribution in [0.15, 0.2) is 18.3 Å². The van der Waals surface area contributed by atoms with Gasteiger partial charge in [-0.05, 0) is 33.3 Å². The molecule has 2 heterocycles. The van der Waals surface area contributed by atoms with Gasteiger partial charge in [0, 0.05) is 24.8 Å². The van der Waals surface area contributed by atoms with Crippen molar-refractivity contribution in [3.63, 3.8) is 0 Å². The maximum Gasteiger partial charge on any atom is 0.222 e. The smallest absolute Gasteiger partial charge is 0.222 e. The van der Waals surface area contributed by atoms with Gasteiger partial charge < -0.3 is 10.5 Å². The Balaban J connectivity index is 2.33. The van der Waals surface area contributed by atoms with E-state index in [-0.39, 0.29) is 6.04 Å². The Morgan fingerprint density at radius 3 is 2.74 bits per heavy atom. The van der Waals surface area contributed by atoms with Crippen LogP contribution in [0.4, 0.5) is 0 Å². The number of nitrogens with zero attached hydrogens (tertiary/aromatic N) is 3. The molecule has 5 heteroatoms. The molecule has 2 aromatic rings. The van der Waals surface area contributed by atoms with Crippen LogP contribution in [0.25, 0.3) is 0 Å². The highest BCUT2D eigenvalue weighted by atomic mass is 16.5. The van der Waals surface area contributed by atoms with Gasteiger partial charge in [0.05, 0.1) is 5.69 Å². The van der Waals surface area contributed by atoms with E-state index in [0.29, 0.717) is 5.88 Å². The molecule has 2 aromatic heterocycles. The summed E-state index contributed by atoms with van der Waals surface area (Å²) in [5.41, 5.74) is 8.70. The molecule has 0 radical (unpaired) electrons. The number of hydrogen-bond acceptors (Lipinski definition) is 4. The second-order valence-corrected chi connectivity index (χ2v) is 4.87. The van der Waals surface area contributed by atoms with E-state index in [1.165, 1.54) is 0 Å². The zero-order valence-corrected chi connectivity index (χ0v) is 11.8. The third kappa shape index (κ3) is 2.93. The molecule has 2 rings (SSSR count). The summed E-state index contributed by atoms with van der Waals surface area (Å²) in [4.78, 5) is 4.30. The van der Waals surface area contributed by atoms with Gasteiger partial charge in [-0.2, -0.15) is 5.10 Å². The second kappa shape index (κ2) is 5.40. The van der Waals surface area contributed by atoms with Gasteiger partial charge in [-0.15, -0.1) is 0 Å². The Labute approximate surface area is 113 Å². The van der Waals surface area contributed by atoms with E-state index in [0.717, 1.165) is 29.1 Å². The topological polar surface area (TPSA) is 66.0 Å². The SMILES string of the molecule is Cc1nn(C)c(C)c1Oc1ncccc1CC(C)N. The fourth-order valence-electron chi connectivity index (χ4n) is 2.02. The monoisotopic (exact) mass is 260 g/mol. The molecule has 0 bridgehead atoms. The highest BCUT2D eigenvalue weighted by Gasteiger charge is 2.15. The normalized spacial score (nSPS) is 12.5. The van der Waals surface area contributed by atoms with E-state index in [9.17, 15) is 0 Å². The summed E-state index contributed by atoms with van der Waals surface area (Å²) in [6, 6.07) is 3.96. The van der Waals surface area contributed by atoms with E-state index in [1.54, 1.807) is 10.9 Å². The third-order valence-electron chi connectivity index (χ3n) is 3.03. The van der Waals surface area contributed by atoms with Crippen molar-refractivity contribution in [3.8, 4) is 11.6 Å². The van der Waals surface area contributed by atoms with Crippen molar-refractivity contribution in [2.45, 2.75) is 33.2 Å². The minimum atomic E-state index is 0.0719. The van der Waals surface area contributed by atoms with E-state index >= 15 is 0 Å². The number of ether oxygens (including phenoxy) is 1. The molecule has 1 unspecified atom stereocenters. The van der Waals surface area contributed by atoms with Crippen LogP contribution in [0.5, 0.6) is 11.6 Å². The molecule has 0 aliphatic carbocycles. The molecule has 102 valence electrons. The summed E-state index contributed by atoms with van der Waals surface area (Å²) in [6.45, 7) is 5.87. The molecular formula is C14H20N4O. The molecule has 0 aromatic carbocycles. The first-order chi connectivity index (χ1) is 8.99. The van der Waals surface area contributed by atoms with Crippen LogP contribution >= 0.6 is 0 Å². The molecule has 0 aliphatic heterocycles. The molecule has 2 N–H and O–H groups in total. The van der Waals surface area contributed by atoms with Crippen molar-refractivity contribution in [1.82, 2.24) is 14.8 Å². The summed E-state index contributed by atoms with van der Waals surface area (Å²) in [5, 5.41) is 4.34. The van der Waals surface area contributed by atoms with Crippen LogP contribution in [-0.4, -0.2) is 20.8 Å². The van der Waals surface area contributed by atoms with Gasteiger partial charge in [-0.25, -0.2) is 4.98 Å². The predicted octanol–water partition coefficient (Wildman–Crippen LogP) is 2.11. The van der Waals surface area contributed by atoms with Crippen molar-refractivity contribution >= 4 is 0 Å². The van der Waals surface area contributed by atoms with Crippen LogP contribution in [0.2, 0.25) is 0 Å². The lowest BCUT2D eigenvalue weighted by molar-refractivity contribution is 0.446. The molecule has 0 aliphatic rings. The van der Waals surface area contributed by atoms with Gasteiger partial charge in [0.1, 0.15) is 5.69 Å². The molecular weight excluding hydrogens is 240 g/mol. The predicted molar refractivity (Wildman–Crippen MR) is 74.3 cm³/mol. The van der Waals surface area contributed by atoms with Gasteiger partial charge in [0.15, 0.2) is 5.75 Å². The first kappa shape index (κ1) is 13.5. The van der Waals surface area contributed by atoms with E-state index in [2.05, 4.69) is 10.1 Å². The molecule has 0 amide bonds. The third-order valence-corrected chi connectivity index (χ3v) is 3.03. The van der Waals surface area contributed by atoms with Gasteiger partial charge in [-0.1, -0.05) is 6.07 Å². The van der Waals surface area contributed by atoms with Gasteiger partial charge in [-0.3, -0.25) is 4.68 Å². The van der Waals surface area contributed by atoms with Gasteiger partial charge >= 0.3 is 0 Å². The first-order valence-corrected chi connectivity index (χ1v) is 6.36. The minimum Gasteiger partial charge on any atom is -0.435 e. The highest BCUT2D eigenvalue weighted by Crippen LogP contribution is 2.29. The number of rotatable bonds is 4. The molecule has 0 spiro atoms. The maximum atomic E-state index is 5.94. The van der Waals surface area contributed by atoms with Crippen LogP contribution in [0.1, 0.15) is 23.9 Å². The largest absolute Gasteiger partial charge is 0.435 e. The standard InChI is InChI=1S/C14H20N4O/c1-9(15)8-12-6-5-7-16-14(12)19-13-10(2)17-18(4)11(13)3/h5-7,9H,8,15H2,1-4H3. The maximum absolute atomic E-state index is 5.94. The van der Waals surface area contributed by atoms with Crippen molar-refractivity contribution in [3.05, 3.63) is 35.3 Å². The lowest BCUT2D eigenvalue weighted by Crippen LogP contribution is -2.18. The number of aryl methyl sites for hydroxylation is 2. The fourth-order valence-corrected chi connectivity index (χ4v) is 2.02. The Kier molecular flexibility index (Phi) is 3.85. The number of hydrogen-bond donors (Lipinski definition) is 1. The molecule has 19 heavy (non-hydrogen) atoms.